The number of aromatic nitrogens is 2. The molecule has 3 rings (SSSR count). The van der Waals surface area contributed by atoms with Gasteiger partial charge in [0.1, 0.15) is 12.4 Å². The Labute approximate surface area is 154 Å². The number of carboxylic acid groups (broad SMARTS) is 1. The fraction of sp³-hybridized carbons (Fsp3) is 0.353. The van der Waals surface area contributed by atoms with E-state index in [4.69, 9.17) is 26.2 Å². The quantitative estimate of drug-likeness (QED) is 0.827. The van der Waals surface area contributed by atoms with Gasteiger partial charge in [0.25, 0.3) is 0 Å². The number of aryl methyl sites for hydroxylation is 1. The maximum atomic E-state index is 12.2. The molecule has 0 fully saturated rings. The van der Waals surface area contributed by atoms with Gasteiger partial charge in [-0.25, -0.2) is 4.68 Å². The van der Waals surface area contributed by atoms with E-state index in [0.29, 0.717) is 33.6 Å². The standard InChI is InChI=1S/C17H18ClN3O5/c1-8-14-10(9-4-5-11(25-2)16(26-3)15(9)18)6-12(22)19-17(14)21(20-8)7-13(23)24/h4-5,10H,6-7H2,1-3H3,(H,19,22)(H,23,24). The van der Waals surface area contributed by atoms with Gasteiger partial charge in [0.15, 0.2) is 11.5 Å². The van der Waals surface area contributed by atoms with Gasteiger partial charge in [-0.1, -0.05) is 17.7 Å². The number of fused-ring (bicyclic) bond motifs is 1. The summed E-state index contributed by atoms with van der Waals surface area (Å²) >= 11 is 6.53. The number of anilines is 1. The molecule has 1 aromatic carbocycles. The molecule has 1 aromatic heterocycles. The molecule has 0 spiro atoms. The van der Waals surface area contributed by atoms with Gasteiger partial charge in [-0.2, -0.15) is 5.10 Å². The molecule has 1 aliphatic heterocycles. The molecule has 2 aromatic rings. The molecule has 0 radical (unpaired) electrons. The van der Waals surface area contributed by atoms with Gasteiger partial charge in [0, 0.05) is 17.9 Å². The number of methoxy groups -OCH3 is 2. The van der Waals surface area contributed by atoms with Crippen molar-refractivity contribution in [3.63, 3.8) is 0 Å². The maximum absolute atomic E-state index is 12.2. The third kappa shape index (κ3) is 2.96. The average molecular weight is 380 g/mol. The number of rotatable bonds is 5. The van der Waals surface area contributed by atoms with E-state index >= 15 is 0 Å². The summed E-state index contributed by atoms with van der Waals surface area (Å²) in [6, 6.07) is 3.51. The molecule has 1 amide bonds. The second kappa shape index (κ2) is 6.87. The van der Waals surface area contributed by atoms with Crippen LogP contribution in [0, 0.1) is 6.92 Å². The summed E-state index contributed by atoms with van der Waals surface area (Å²) in [6.45, 7) is 1.43. The van der Waals surface area contributed by atoms with E-state index in [0.717, 1.165) is 5.56 Å². The zero-order valence-corrected chi connectivity index (χ0v) is 15.3. The van der Waals surface area contributed by atoms with Crippen LogP contribution in [0.2, 0.25) is 5.02 Å². The molecule has 138 valence electrons. The van der Waals surface area contributed by atoms with E-state index in [-0.39, 0.29) is 24.8 Å². The third-order valence-corrected chi connectivity index (χ3v) is 4.73. The molecule has 1 atom stereocenters. The Bertz CT molecular complexity index is 893. The number of benzene rings is 1. The van der Waals surface area contributed by atoms with Crippen molar-refractivity contribution in [2.75, 3.05) is 19.5 Å². The van der Waals surface area contributed by atoms with Gasteiger partial charge in [0.2, 0.25) is 5.91 Å². The SMILES string of the molecule is COc1ccc(C2CC(=O)Nc3c2c(C)nn3CC(=O)O)c(Cl)c1OC. The molecular weight excluding hydrogens is 362 g/mol. The first kappa shape index (κ1) is 18.1. The highest BCUT2D eigenvalue weighted by molar-refractivity contribution is 6.33. The van der Waals surface area contributed by atoms with Crippen LogP contribution in [0.25, 0.3) is 0 Å². The van der Waals surface area contributed by atoms with Gasteiger partial charge in [-0.3, -0.25) is 9.59 Å². The minimum atomic E-state index is -1.05. The fourth-order valence-electron chi connectivity index (χ4n) is 3.30. The zero-order valence-electron chi connectivity index (χ0n) is 14.5. The summed E-state index contributed by atoms with van der Waals surface area (Å²) in [7, 11) is 3.00. The molecular formula is C17H18ClN3O5. The molecule has 1 aliphatic rings. The Kier molecular flexibility index (Phi) is 4.78. The summed E-state index contributed by atoms with van der Waals surface area (Å²) in [5, 5.41) is 16.4. The van der Waals surface area contributed by atoms with Crippen molar-refractivity contribution >= 4 is 29.3 Å². The summed E-state index contributed by atoms with van der Waals surface area (Å²) in [4.78, 5) is 23.3. The number of nitrogens with one attached hydrogen (secondary N) is 1. The second-order valence-corrected chi connectivity index (χ2v) is 6.29. The number of nitrogens with zero attached hydrogens (tertiary/aromatic N) is 2. The van der Waals surface area contributed by atoms with Crippen LogP contribution >= 0.6 is 11.6 Å². The zero-order chi connectivity index (χ0) is 19.0. The minimum Gasteiger partial charge on any atom is -0.493 e. The number of aliphatic carboxylic acids is 1. The Hall–Kier alpha value is -2.74. The van der Waals surface area contributed by atoms with Gasteiger partial charge in [-0.15, -0.1) is 0 Å². The van der Waals surface area contributed by atoms with E-state index in [2.05, 4.69) is 10.4 Å². The van der Waals surface area contributed by atoms with Crippen molar-refractivity contribution in [1.29, 1.82) is 0 Å². The van der Waals surface area contributed by atoms with Gasteiger partial charge in [0.05, 0.1) is 24.9 Å². The van der Waals surface area contributed by atoms with Crippen molar-refractivity contribution in [2.24, 2.45) is 0 Å². The molecule has 1 unspecified atom stereocenters. The predicted octanol–water partition coefficient (Wildman–Crippen LogP) is 2.42. The Morgan fingerprint density at radius 1 is 1.42 bits per heavy atom. The molecule has 2 N–H and O–H groups in total. The first-order valence-electron chi connectivity index (χ1n) is 7.86. The number of carbonyl (C=O) groups excluding carboxylic acids is 1. The molecule has 2 heterocycles. The first-order chi connectivity index (χ1) is 12.4. The number of carboxylic acids is 1. The van der Waals surface area contributed by atoms with Crippen molar-refractivity contribution in [3.8, 4) is 11.5 Å². The molecule has 0 saturated carbocycles. The maximum Gasteiger partial charge on any atom is 0.325 e. The smallest absolute Gasteiger partial charge is 0.325 e. The number of halogens is 1. The van der Waals surface area contributed by atoms with Gasteiger partial charge < -0.3 is 19.9 Å². The summed E-state index contributed by atoms with van der Waals surface area (Å²) in [5.74, 6) is -0.392. The van der Waals surface area contributed by atoms with Crippen LogP contribution in [0.4, 0.5) is 5.82 Å². The molecule has 8 nitrogen and oxygen atoms in total. The van der Waals surface area contributed by atoms with Crippen molar-refractivity contribution in [2.45, 2.75) is 25.8 Å². The molecule has 9 heteroatoms. The second-order valence-electron chi connectivity index (χ2n) is 5.91. The largest absolute Gasteiger partial charge is 0.493 e. The van der Waals surface area contributed by atoms with Crippen LogP contribution in [0.3, 0.4) is 0 Å². The number of hydrogen-bond acceptors (Lipinski definition) is 5. The molecule has 0 bridgehead atoms. The summed E-state index contributed by atoms with van der Waals surface area (Å²) < 4.78 is 11.9. The lowest BCUT2D eigenvalue weighted by Crippen LogP contribution is -2.26. The van der Waals surface area contributed by atoms with E-state index in [1.807, 2.05) is 0 Å². The Morgan fingerprint density at radius 2 is 2.15 bits per heavy atom. The van der Waals surface area contributed by atoms with Crippen molar-refractivity contribution in [3.05, 3.63) is 34.0 Å². The van der Waals surface area contributed by atoms with Crippen molar-refractivity contribution < 1.29 is 24.2 Å². The van der Waals surface area contributed by atoms with E-state index in [9.17, 15) is 9.59 Å². The molecule has 0 saturated heterocycles. The van der Waals surface area contributed by atoms with E-state index < -0.39 is 5.97 Å². The Morgan fingerprint density at radius 3 is 2.77 bits per heavy atom. The van der Waals surface area contributed by atoms with Crippen LogP contribution < -0.4 is 14.8 Å². The highest BCUT2D eigenvalue weighted by atomic mass is 35.5. The first-order valence-corrected chi connectivity index (χ1v) is 8.24. The lowest BCUT2D eigenvalue weighted by atomic mass is 9.85. The lowest BCUT2D eigenvalue weighted by molar-refractivity contribution is -0.137. The fourth-order valence-corrected chi connectivity index (χ4v) is 3.66. The van der Waals surface area contributed by atoms with Gasteiger partial charge >= 0.3 is 5.97 Å². The lowest BCUT2D eigenvalue weighted by Gasteiger charge is -2.26. The highest BCUT2D eigenvalue weighted by Crippen LogP contribution is 2.46. The number of hydrogen-bond donors (Lipinski definition) is 2. The van der Waals surface area contributed by atoms with Crippen LogP contribution in [0.1, 0.15) is 29.2 Å². The van der Waals surface area contributed by atoms with Crippen LogP contribution in [-0.4, -0.2) is 41.0 Å². The minimum absolute atomic E-state index is 0.168. The topological polar surface area (TPSA) is 103 Å². The summed E-state index contributed by atoms with van der Waals surface area (Å²) in [5.41, 5.74) is 2.08. The highest BCUT2D eigenvalue weighted by Gasteiger charge is 2.34. The van der Waals surface area contributed by atoms with E-state index in [1.54, 1.807) is 19.1 Å². The predicted molar refractivity (Wildman–Crippen MR) is 94.2 cm³/mol. The van der Waals surface area contributed by atoms with E-state index in [1.165, 1.54) is 18.9 Å². The number of amides is 1. The van der Waals surface area contributed by atoms with Gasteiger partial charge in [-0.05, 0) is 18.6 Å². The van der Waals surface area contributed by atoms with Crippen LogP contribution in [0.15, 0.2) is 12.1 Å². The van der Waals surface area contributed by atoms with Crippen LogP contribution in [0.5, 0.6) is 11.5 Å². The average Bonchev–Trinajstić information content (AvgIpc) is 2.88. The number of carbonyl (C=O) groups is 2. The third-order valence-electron chi connectivity index (χ3n) is 4.34. The van der Waals surface area contributed by atoms with Crippen LogP contribution in [-0.2, 0) is 16.1 Å². The summed E-state index contributed by atoms with van der Waals surface area (Å²) in [6.07, 6.45) is 0.168. The molecule has 26 heavy (non-hydrogen) atoms. The Balaban J connectivity index is 2.16. The normalized spacial score (nSPS) is 16.0. The molecule has 0 aliphatic carbocycles. The van der Waals surface area contributed by atoms with Crippen molar-refractivity contribution in [1.82, 2.24) is 9.78 Å². The monoisotopic (exact) mass is 379 g/mol. The number of ether oxygens (including phenoxy) is 2.